The maximum absolute atomic E-state index is 13.0. The summed E-state index contributed by atoms with van der Waals surface area (Å²) in [5, 5.41) is 17.0. The van der Waals surface area contributed by atoms with Gasteiger partial charge in [0.15, 0.2) is 10.8 Å². The van der Waals surface area contributed by atoms with Crippen molar-refractivity contribution in [1.29, 1.82) is 0 Å². The van der Waals surface area contributed by atoms with Gasteiger partial charge in [-0.3, -0.25) is 10.1 Å². The monoisotopic (exact) mass is 508 g/mol. The third-order valence-corrected chi connectivity index (χ3v) is 8.05. The van der Waals surface area contributed by atoms with E-state index in [1.807, 2.05) is 6.92 Å². The van der Waals surface area contributed by atoms with Gasteiger partial charge in [-0.1, -0.05) is 17.3 Å². The van der Waals surface area contributed by atoms with Crippen LogP contribution >= 0.6 is 11.3 Å². The van der Waals surface area contributed by atoms with Crippen molar-refractivity contribution in [2.75, 3.05) is 18.5 Å². The molecule has 184 valence electrons. The summed E-state index contributed by atoms with van der Waals surface area (Å²) in [5.41, 5.74) is 0.393. The van der Waals surface area contributed by atoms with E-state index < -0.39 is 22.0 Å². The van der Waals surface area contributed by atoms with E-state index >= 15 is 0 Å². The predicted molar refractivity (Wildman–Crippen MR) is 127 cm³/mol. The fraction of sp³-hybridized carbons (Fsp3) is 0.500. The molecule has 2 atom stereocenters. The smallest absolute Gasteiger partial charge is 0.280 e. The number of nitrogens with one attached hydrogen (secondary N) is 2. The number of thiazole rings is 1. The number of aryl methyl sites for hydroxylation is 1. The number of anilines is 1. The number of aromatic nitrogens is 1. The van der Waals surface area contributed by atoms with Crippen molar-refractivity contribution in [2.24, 2.45) is 5.16 Å². The van der Waals surface area contributed by atoms with E-state index in [9.17, 15) is 18.3 Å². The van der Waals surface area contributed by atoms with Crippen LogP contribution in [0.1, 0.15) is 42.5 Å². The molecular formula is C22H28N4O6S2. The molecule has 2 aliphatic rings. The Morgan fingerprint density at radius 3 is 2.56 bits per heavy atom. The van der Waals surface area contributed by atoms with Crippen molar-refractivity contribution in [3.63, 3.8) is 0 Å². The molecule has 10 nitrogen and oxygen atoms in total. The van der Waals surface area contributed by atoms with Crippen molar-refractivity contribution in [2.45, 2.75) is 62.2 Å². The molecule has 1 aromatic carbocycles. The average molecular weight is 509 g/mol. The first-order valence-corrected chi connectivity index (χ1v) is 13.5. The van der Waals surface area contributed by atoms with Gasteiger partial charge < -0.3 is 14.7 Å². The number of aliphatic hydroxyl groups excluding tert-OH is 1. The van der Waals surface area contributed by atoms with Gasteiger partial charge in [-0.25, -0.2) is 18.1 Å². The van der Waals surface area contributed by atoms with Gasteiger partial charge in [0.05, 0.1) is 11.0 Å². The molecule has 1 aliphatic heterocycles. The van der Waals surface area contributed by atoms with Crippen molar-refractivity contribution < 1.29 is 27.9 Å². The molecule has 1 amide bonds. The SMILES string of the molecule is Cc1cnc(NC(=O)C(=NO[C@@H]2CC[C@@H](O)C2)c2ccc(S(=O)(=O)NC3CCOCC3)cc2)s1. The maximum atomic E-state index is 13.0. The minimum Gasteiger partial charge on any atom is -0.393 e. The topological polar surface area (TPSA) is 139 Å². The van der Waals surface area contributed by atoms with E-state index in [-0.39, 0.29) is 22.8 Å². The second-order valence-corrected chi connectivity index (χ2v) is 11.3. The van der Waals surface area contributed by atoms with E-state index in [1.54, 1.807) is 6.20 Å². The molecule has 1 saturated carbocycles. The molecule has 0 unspecified atom stereocenters. The van der Waals surface area contributed by atoms with Crippen molar-refractivity contribution in [3.8, 4) is 0 Å². The number of ether oxygens (including phenoxy) is 1. The number of rotatable bonds is 8. The summed E-state index contributed by atoms with van der Waals surface area (Å²) in [5.74, 6) is -0.524. The Bertz CT molecular complexity index is 1130. The van der Waals surface area contributed by atoms with Crippen LogP contribution in [-0.4, -0.2) is 61.6 Å². The van der Waals surface area contributed by atoms with Crippen LogP contribution in [0.2, 0.25) is 0 Å². The molecule has 2 fully saturated rings. The molecule has 1 aliphatic carbocycles. The van der Waals surface area contributed by atoms with E-state index in [4.69, 9.17) is 9.57 Å². The van der Waals surface area contributed by atoms with Crippen LogP contribution in [-0.2, 0) is 24.4 Å². The van der Waals surface area contributed by atoms with Gasteiger partial charge in [-0.2, -0.15) is 0 Å². The fourth-order valence-corrected chi connectivity index (χ4v) is 5.79. The Labute approximate surface area is 202 Å². The molecule has 2 heterocycles. The van der Waals surface area contributed by atoms with Crippen molar-refractivity contribution >= 4 is 38.1 Å². The first kappa shape index (κ1) is 24.7. The third-order valence-electron chi connectivity index (χ3n) is 5.69. The van der Waals surface area contributed by atoms with Crippen LogP contribution in [0, 0.1) is 6.92 Å². The molecule has 3 N–H and O–H groups in total. The highest BCUT2D eigenvalue weighted by atomic mass is 32.2. The summed E-state index contributed by atoms with van der Waals surface area (Å²) >= 11 is 1.33. The number of benzene rings is 1. The van der Waals surface area contributed by atoms with Crippen LogP contribution in [0.15, 0.2) is 40.5 Å². The Balaban J connectivity index is 1.53. The normalized spacial score (nSPS) is 22.0. The molecule has 1 aromatic heterocycles. The van der Waals surface area contributed by atoms with Gasteiger partial charge in [0.25, 0.3) is 5.91 Å². The summed E-state index contributed by atoms with van der Waals surface area (Å²) in [6, 6.07) is 5.76. The van der Waals surface area contributed by atoms with Crippen molar-refractivity contribution in [3.05, 3.63) is 40.9 Å². The summed E-state index contributed by atoms with van der Waals surface area (Å²) in [4.78, 5) is 23.7. The summed E-state index contributed by atoms with van der Waals surface area (Å²) in [6.07, 6.45) is 3.87. The van der Waals surface area contributed by atoms with Crippen LogP contribution < -0.4 is 10.0 Å². The van der Waals surface area contributed by atoms with Gasteiger partial charge in [0, 0.05) is 42.3 Å². The second kappa shape index (κ2) is 10.9. The first-order chi connectivity index (χ1) is 16.3. The third kappa shape index (κ3) is 6.39. The van der Waals surface area contributed by atoms with Gasteiger partial charge in [0.2, 0.25) is 10.0 Å². The lowest BCUT2D eigenvalue weighted by molar-refractivity contribution is -0.110. The van der Waals surface area contributed by atoms with Crippen LogP contribution in [0.4, 0.5) is 5.13 Å². The molecule has 0 spiro atoms. The second-order valence-electron chi connectivity index (χ2n) is 8.40. The van der Waals surface area contributed by atoms with E-state index in [0.29, 0.717) is 56.0 Å². The number of aliphatic hydroxyl groups is 1. The Morgan fingerprint density at radius 2 is 1.94 bits per heavy atom. The number of amides is 1. The van der Waals surface area contributed by atoms with Gasteiger partial charge in [-0.15, -0.1) is 11.3 Å². The number of sulfonamides is 1. The zero-order valence-corrected chi connectivity index (χ0v) is 20.4. The summed E-state index contributed by atoms with van der Waals surface area (Å²) in [6.45, 7) is 2.93. The summed E-state index contributed by atoms with van der Waals surface area (Å²) < 4.78 is 33.5. The average Bonchev–Trinajstić information content (AvgIpc) is 3.42. The molecule has 2 aromatic rings. The predicted octanol–water partition coefficient (Wildman–Crippen LogP) is 2.18. The maximum Gasteiger partial charge on any atom is 0.280 e. The van der Waals surface area contributed by atoms with E-state index in [0.717, 1.165) is 4.88 Å². The Hall–Kier alpha value is -2.38. The number of carbonyl (C=O) groups excluding carboxylic acids is 1. The largest absolute Gasteiger partial charge is 0.393 e. The van der Waals surface area contributed by atoms with Gasteiger partial charge in [0.1, 0.15) is 6.10 Å². The number of nitrogens with zero attached hydrogens (tertiary/aromatic N) is 2. The zero-order chi connectivity index (χ0) is 24.1. The molecule has 4 rings (SSSR count). The highest BCUT2D eigenvalue weighted by Crippen LogP contribution is 2.23. The van der Waals surface area contributed by atoms with Crippen LogP contribution in [0.3, 0.4) is 0 Å². The lowest BCUT2D eigenvalue weighted by atomic mass is 10.1. The van der Waals surface area contributed by atoms with Gasteiger partial charge >= 0.3 is 0 Å². The minimum absolute atomic E-state index is 0.00409. The molecular weight excluding hydrogens is 480 g/mol. The number of oxime groups is 1. The molecule has 34 heavy (non-hydrogen) atoms. The lowest BCUT2D eigenvalue weighted by Crippen LogP contribution is -2.38. The molecule has 0 radical (unpaired) electrons. The quantitative estimate of drug-likeness (QED) is 0.367. The summed E-state index contributed by atoms with van der Waals surface area (Å²) in [7, 11) is -3.71. The van der Waals surface area contributed by atoms with E-state index in [2.05, 4.69) is 20.2 Å². The first-order valence-electron chi connectivity index (χ1n) is 11.2. The van der Waals surface area contributed by atoms with Crippen LogP contribution in [0.25, 0.3) is 0 Å². The Morgan fingerprint density at radius 1 is 1.21 bits per heavy atom. The number of hydrogen-bond donors (Lipinski definition) is 3. The minimum atomic E-state index is -3.71. The Kier molecular flexibility index (Phi) is 7.94. The molecule has 12 heteroatoms. The highest BCUT2D eigenvalue weighted by Gasteiger charge is 2.26. The standard InChI is InChI=1S/C22H28N4O6S2/c1-14-13-23-22(33-14)24-21(28)20(25-32-18-5-4-17(27)12-18)15-2-6-19(7-3-15)34(29,30)26-16-8-10-31-11-9-16/h2-3,6-7,13,16-18,26-27H,4-5,8-12H2,1H3,(H,23,24,28)/t17-,18-/m1/s1. The number of carbonyl (C=O) groups is 1. The van der Waals surface area contributed by atoms with Crippen LogP contribution in [0.5, 0.6) is 0 Å². The zero-order valence-electron chi connectivity index (χ0n) is 18.8. The fourth-order valence-electron chi connectivity index (χ4n) is 3.83. The van der Waals surface area contributed by atoms with E-state index in [1.165, 1.54) is 35.6 Å². The highest BCUT2D eigenvalue weighted by molar-refractivity contribution is 7.89. The van der Waals surface area contributed by atoms with Gasteiger partial charge in [-0.05, 0) is 44.7 Å². The van der Waals surface area contributed by atoms with Crippen molar-refractivity contribution in [1.82, 2.24) is 9.71 Å². The lowest BCUT2D eigenvalue weighted by Gasteiger charge is -2.23. The molecule has 1 saturated heterocycles. The number of hydrogen-bond acceptors (Lipinski definition) is 9. The molecule has 0 bridgehead atoms.